The summed E-state index contributed by atoms with van der Waals surface area (Å²) in [5.74, 6) is 2.36. The minimum absolute atomic E-state index is 0.0278. The molecule has 0 spiro atoms. The number of benzene rings is 6. The van der Waals surface area contributed by atoms with Crippen LogP contribution in [0.25, 0.3) is 72.3 Å². The molecule has 0 radical (unpaired) electrons. The number of hydrogen-bond donors (Lipinski definition) is 0. The average molecular weight is 1020 g/mol. The SMILES string of the molecule is CC(C)(C)c1cc(-c2cc(C(C)(C)C)cc(-c3cc(C(C)(C)C)cc(C(C)(C)C)c3)c2-[n+]2cn(-c3cccc(Oc4ccc5c6ccccc6n(-c6cc(C(C)(C)C)ccn6)c5c4)c3)c3cnccc32)cc(C(C)(C)C)c1. The fourth-order valence-corrected chi connectivity index (χ4v) is 10.6. The first-order chi connectivity index (χ1) is 35.9. The summed E-state index contributed by atoms with van der Waals surface area (Å²) in [6, 6.07) is 49.5. The summed E-state index contributed by atoms with van der Waals surface area (Å²) in [6.45, 7) is 41.7. The Morgan fingerprint density at radius 3 is 1.49 bits per heavy atom. The molecule has 10 rings (SSSR count). The maximum Gasteiger partial charge on any atom is 0.255 e. The molecule has 394 valence electrons. The summed E-state index contributed by atoms with van der Waals surface area (Å²) in [5, 5.41) is 2.32. The molecular weight excluding hydrogens is 939 g/mol. The third-order valence-electron chi connectivity index (χ3n) is 15.5. The molecule has 4 aromatic heterocycles. The van der Waals surface area contributed by atoms with Gasteiger partial charge in [-0.1, -0.05) is 185 Å². The van der Waals surface area contributed by atoms with Gasteiger partial charge in [-0.25, -0.2) is 4.98 Å². The molecule has 0 unspecified atom stereocenters. The molecule has 6 nitrogen and oxygen atoms in total. The Kier molecular flexibility index (Phi) is 12.9. The molecule has 0 aliphatic carbocycles. The molecule has 0 fully saturated rings. The van der Waals surface area contributed by atoms with Gasteiger partial charge < -0.3 is 4.74 Å². The van der Waals surface area contributed by atoms with Crippen LogP contribution in [0.5, 0.6) is 11.5 Å². The Bertz CT molecular complexity index is 3730. The monoisotopic (exact) mass is 1020 g/mol. The lowest BCUT2D eigenvalue weighted by atomic mass is 9.76. The lowest BCUT2D eigenvalue weighted by Gasteiger charge is -2.29. The van der Waals surface area contributed by atoms with Crippen LogP contribution in [0.15, 0.2) is 158 Å². The number of imidazole rings is 1. The molecule has 0 aliphatic rings. The van der Waals surface area contributed by atoms with Crippen molar-refractivity contribution in [2.45, 2.75) is 157 Å². The third kappa shape index (κ3) is 10.4. The van der Waals surface area contributed by atoms with Crippen LogP contribution in [0.3, 0.4) is 0 Å². The number of ether oxygens (including phenoxy) is 1. The Morgan fingerprint density at radius 1 is 0.416 bits per heavy atom. The first-order valence-electron chi connectivity index (χ1n) is 27.6. The molecule has 0 saturated carbocycles. The van der Waals surface area contributed by atoms with Crippen LogP contribution in [0.2, 0.25) is 0 Å². The number of hydrogen-bond acceptors (Lipinski definition) is 3. The molecule has 0 amide bonds. The molecule has 0 atom stereocenters. The van der Waals surface area contributed by atoms with E-state index in [1.165, 1.54) is 61.0 Å². The van der Waals surface area contributed by atoms with Gasteiger partial charge in [0.25, 0.3) is 6.33 Å². The van der Waals surface area contributed by atoms with Crippen LogP contribution in [0.4, 0.5) is 0 Å². The zero-order chi connectivity index (χ0) is 55.4. The van der Waals surface area contributed by atoms with Crippen molar-refractivity contribution in [3.8, 4) is 50.9 Å². The van der Waals surface area contributed by atoms with E-state index in [1.807, 2.05) is 24.7 Å². The number of aromatic nitrogens is 5. The van der Waals surface area contributed by atoms with Gasteiger partial charge in [-0.2, -0.15) is 9.13 Å². The highest BCUT2D eigenvalue weighted by molar-refractivity contribution is 6.09. The van der Waals surface area contributed by atoms with Gasteiger partial charge in [0.15, 0.2) is 11.0 Å². The smallest absolute Gasteiger partial charge is 0.255 e. The Labute approximate surface area is 458 Å². The van der Waals surface area contributed by atoms with Crippen molar-refractivity contribution in [2.24, 2.45) is 0 Å². The fraction of sp³-hybridized carbons (Fsp3) is 0.338. The Morgan fingerprint density at radius 2 is 0.935 bits per heavy atom. The van der Waals surface area contributed by atoms with Crippen molar-refractivity contribution in [2.75, 3.05) is 0 Å². The molecular formula is C71H80N5O+. The summed E-state index contributed by atoms with van der Waals surface area (Å²) >= 11 is 0. The first kappa shape index (κ1) is 53.1. The van der Waals surface area contributed by atoms with Gasteiger partial charge in [0.05, 0.1) is 17.2 Å². The van der Waals surface area contributed by atoms with Gasteiger partial charge >= 0.3 is 0 Å². The molecule has 10 aromatic rings. The van der Waals surface area contributed by atoms with E-state index in [0.29, 0.717) is 0 Å². The van der Waals surface area contributed by atoms with E-state index in [9.17, 15) is 0 Å². The van der Waals surface area contributed by atoms with Crippen molar-refractivity contribution in [1.29, 1.82) is 0 Å². The molecule has 0 bridgehead atoms. The number of rotatable bonds is 7. The number of nitrogens with zero attached hydrogens (tertiary/aromatic N) is 5. The summed E-state index contributed by atoms with van der Waals surface area (Å²) in [7, 11) is 0. The lowest BCUT2D eigenvalue weighted by Crippen LogP contribution is -2.31. The zero-order valence-corrected chi connectivity index (χ0v) is 49.2. The largest absolute Gasteiger partial charge is 0.457 e. The standard InChI is InChI=1S/C71H80N5O/c1-66(2,3)47-28-31-73-64(40-47)76-60-25-20-19-24-56(60)57-27-26-55(42-62(57)76)77-54-23-21-22-53(41-54)74-44-75(61-29-30-72-43-63(61)74)65-58(45-32-48(67(4,5)6)36-49(33-45)68(7,8)9)38-52(71(16,17)18)39-59(65)46-34-50(69(10,11)12)37-51(35-46)70(13,14)15/h19-44H,1-18H3/q+1. The Balaban J connectivity index is 1.20. The third-order valence-corrected chi connectivity index (χ3v) is 15.5. The summed E-state index contributed by atoms with van der Waals surface area (Å²) < 4.78 is 13.9. The van der Waals surface area contributed by atoms with Crippen molar-refractivity contribution < 1.29 is 9.30 Å². The molecule has 77 heavy (non-hydrogen) atoms. The molecule has 0 N–H and O–H groups in total. The highest BCUT2D eigenvalue weighted by Crippen LogP contribution is 2.44. The summed E-state index contributed by atoms with van der Waals surface area (Å²) in [6.07, 6.45) is 8.11. The quantitative estimate of drug-likeness (QED) is 0.150. The Hall–Kier alpha value is -7.31. The molecule has 0 aliphatic heterocycles. The van der Waals surface area contributed by atoms with E-state index in [-0.39, 0.29) is 32.5 Å². The van der Waals surface area contributed by atoms with Gasteiger partial charge in [-0.05, 0) is 132 Å². The van der Waals surface area contributed by atoms with E-state index in [2.05, 4.69) is 272 Å². The molecule has 6 heteroatoms. The summed E-state index contributed by atoms with van der Waals surface area (Å²) in [4.78, 5) is 9.71. The maximum atomic E-state index is 6.90. The zero-order valence-electron chi connectivity index (χ0n) is 49.2. The van der Waals surface area contributed by atoms with Crippen molar-refractivity contribution in [3.63, 3.8) is 0 Å². The fourth-order valence-electron chi connectivity index (χ4n) is 10.6. The van der Waals surface area contributed by atoms with E-state index in [1.54, 1.807) is 0 Å². The minimum atomic E-state index is -0.149. The predicted octanol–water partition coefficient (Wildman–Crippen LogP) is 18.7. The normalized spacial score (nSPS) is 13.1. The number of fused-ring (bicyclic) bond motifs is 4. The van der Waals surface area contributed by atoms with Gasteiger partial charge in [0.2, 0.25) is 0 Å². The van der Waals surface area contributed by atoms with Crippen molar-refractivity contribution >= 4 is 32.8 Å². The van der Waals surface area contributed by atoms with Gasteiger partial charge in [0.1, 0.15) is 28.7 Å². The predicted molar refractivity (Wildman–Crippen MR) is 324 cm³/mol. The molecule has 4 heterocycles. The van der Waals surface area contributed by atoms with Crippen LogP contribution in [0.1, 0.15) is 158 Å². The number of pyridine rings is 2. The summed E-state index contributed by atoms with van der Waals surface area (Å²) in [5.41, 5.74) is 18.3. The van der Waals surface area contributed by atoms with E-state index in [4.69, 9.17) is 14.7 Å². The number of para-hydroxylation sites is 1. The topological polar surface area (TPSA) is 48.8 Å². The van der Waals surface area contributed by atoms with Crippen molar-refractivity contribution in [3.05, 3.63) is 192 Å². The van der Waals surface area contributed by atoms with Crippen LogP contribution < -0.4 is 9.30 Å². The van der Waals surface area contributed by atoms with Crippen LogP contribution in [0, 0.1) is 0 Å². The second-order valence-electron chi connectivity index (χ2n) is 27.8. The van der Waals surface area contributed by atoms with E-state index in [0.717, 1.165) is 56.1 Å². The molecule has 6 aromatic carbocycles. The molecule has 0 saturated heterocycles. The van der Waals surface area contributed by atoms with Crippen molar-refractivity contribution in [1.82, 2.24) is 19.1 Å². The lowest BCUT2D eigenvalue weighted by molar-refractivity contribution is -0.566. The van der Waals surface area contributed by atoms with Gasteiger partial charge in [0, 0.05) is 52.5 Å². The van der Waals surface area contributed by atoms with E-state index >= 15 is 0 Å². The van der Waals surface area contributed by atoms with Gasteiger partial charge in [-0.3, -0.25) is 9.55 Å². The van der Waals surface area contributed by atoms with Crippen LogP contribution >= 0.6 is 0 Å². The van der Waals surface area contributed by atoms with Gasteiger partial charge in [-0.15, -0.1) is 0 Å². The van der Waals surface area contributed by atoms with Crippen LogP contribution in [-0.2, 0) is 32.5 Å². The second kappa shape index (κ2) is 18.7. The second-order valence-corrected chi connectivity index (χ2v) is 27.8. The first-order valence-corrected chi connectivity index (χ1v) is 27.6. The average Bonchev–Trinajstić information content (AvgIpc) is 4.12. The van der Waals surface area contributed by atoms with E-state index < -0.39 is 0 Å². The maximum absolute atomic E-state index is 6.90. The van der Waals surface area contributed by atoms with Crippen LogP contribution in [-0.4, -0.2) is 19.1 Å². The highest BCUT2D eigenvalue weighted by atomic mass is 16.5. The highest BCUT2D eigenvalue weighted by Gasteiger charge is 2.32. The minimum Gasteiger partial charge on any atom is -0.457 e.